The van der Waals surface area contributed by atoms with Crippen LogP contribution >= 0.6 is 0 Å². The Kier molecular flexibility index (Phi) is 3.38. The third-order valence-corrected chi connectivity index (χ3v) is 3.95. The van der Waals surface area contributed by atoms with Crippen molar-refractivity contribution in [1.82, 2.24) is 19.7 Å². The van der Waals surface area contributed by atoms with Gasteiger partial charge in [0.15, 0.2) is 5.65 Å². The summed E-state index contributed by atoms with van der Waals surface area (Å²) in [4.78, 5) is 9.15. The summed E-state index contributed by atoms with van der Waals surface area (Å²) in [7, 11) is 0. The van der Waals surface area contributed by atoms with Crippen LogP contribution in [-0.4, -0.2) is 19.7 Å². The van der Waals surface area contributed by atoms with Crippen molar-refractivity contribution in [3.8, 4) is 0 Å². The summed E-state index contributed by atoms with van der Waals surface area (Å²) in [5.74, 6) is 0. The molecule has 0 fully saturated rings. The molecule has 0 aliphatic carbocycles. The quantitative estimate of drug-likeness (QED) is 0.625. The molecule has 23 heavy (non-hydrogen) atoms. The minimum atomic E-state index is 0.668. The summed E-state index contributed by atoms with van der Waals surface area (Å²) in [5, 5.41) is 10.1. The van der Waals surface area contributed by atoms with Crippen molar-refractivity contribution in [3.05, 3.63) is 60.6 Å². The second kappa shape index (κ2) is 5.68. The van der Waals surface area contributed by atoms with E-state index in [1.54, 1.807) is 0 Å². The zero-order valence-corrected chi connectivity index (χ0v) is 12.9. The molecular weight excluding hydrogens is 286 g/mol. The topological polar surface area (TPSA) is 55.6 Å². The van der Waals surface area contributed by atoms with Crippen molar-refractivity contribution < 1.29 is 0 Å². The van der Waals surface area contributed by atoms with Gasteiger partial charge in [-0.2, -0.15) is 5.10 Å². The summed E-state index contributed by atoms with van der Waals surface area (Å²) in [6.45, 7) is 3.54. The highest BCUT2D eigenvalue weighted by atomic mass is 15.3. The smallest absolute Gasteiger partial charge is 0.160 e. The molecule has 0 saturated heterocycles. The molecule has 0 bridgehead atoms. The van der Waals surface area contributed by atoms with E-state index in [2.05, 4.69) is 28.4 Å². The zero-order chi connectivity index (χ0) is 15.6. The number of para-hydroxylation sites is 1. The van der Waals surface area contributed by atoms with E-state index < -0.39 is 0 Å². The van der Waals surface area contributed by atoms with Crippen molar-refractivity contribution in [1.29, 1.82) is 0 Å². The maximum atomic E-state index is 4.77. The molecule has 3 heterocycles. The maximum absolute atomic E-state index is 4.77. The number of nitrogens with zero attached hydrogens (tertiary/aromatic N) is 4. The van der Waals surface area contributed by atoms with Crippen LogP contribution in [-0.2, 0) is 13.1 Å². The number of hydrogen-bond acceptors (Lipinski definition) is 4. The summed E-state index contributed by atoms with van der Waals surface area (Å²) >= 11 is 0. The van der Waals surface area contributed by atoms with E-state index >= 15 is 0 Å². The number of aryl methyl sites for hydroxylation is 1. The lowest BCUT2D eigenvalue weighted by molar-refractivity contribution is 0.677. The van der Waals surface area contributed by atoms with Crippen molar-refractivity contribution in [2.45, 2.75) is 20.0 Å². The van der Waals surface area contributed by atoms with Gasteiger partial charge in [-0.25, -0.2) is 9.67 Å². The van der Waals surface area contributed by atoms with Crippen molar-refractivity contribution in [2.75, 3.05) is 5.32 Å². The van der Waals surface area contributed by atoms with Gasteiger partial charge in [0, 0.05) is 18.1 Å². The second-order valence-corrected chi connectivity index (χ2v) is 5.38. The molecular formula is C18H17N5. The first-order chi connectivity index (χ1) is 11.4. The lowest BCUT2D eigenvalue weighted by Crippen LogP contribution is -2.03. The predicted octanol–water partition coefficient (Wildman–Crippen LogP) is 3.61. The molecule has 0 saturated carbocycles. The van der Waals surface area contributed by atoms with Crippen LogP contribution in [0.15, 0.2) is 54.9 Å². The van der Waals surface area contributed by atoms with Gasteiger partial charge in [0.05, 0.1) is 35.0 Å². The molecule has 0 aliphatic heterocycles. The van der Waals surface area contributed by atoms with Crippen LogP contribution in [0, 0.1) is 0 Å². The molecule has 0 unspecified atom stereocenters. The molecule has 3 aromatic heterocycles. The SMILES string of the molecule is CCn1ncc2c(NCc3ccccn3)c3ccccc3nc21. The number of pyridine rings is 2. The average Bonchev–Trinajstić information content (AvgIpc) is 3.02. The Morgan fingerprint density at radius 1 is 1.04 bits per heavy atom. The van der Waals surface area contributed by atoms with Gasteiger partial charge >= 0.3 is 0 Å². The van der Waals surface area contributed by atoms with Gasteiger partial charge < -0.3 is 5.32 Å². The van der Waals surface area contributed by atoms with Gasteiger partial charge in [-0.1, -0.05) is 24.3 Å². The molecule has 4 rings (SSSR count). The largest absolute Gasteiger partial charge is 0.378 e. The molecule has 0 atom stereocenters. The normalized spacial score (nSPS) is 11.2. The molecule has 0 amide bonds. The van der Waals surface area contributed by atoms with Gasteiger partial charge in [-0.05, 0) is 25.1 Å². The van der Waals surface area contributed by atoms with E-state index in [0.29, 0.717) is 6.54 Å². The summed E-state index contributed by atoms with van der Waals surface area (Å²) in [5.41, 5.74) is 3.95. The minimum Gasteiger partial charge on any atom is -0.378 e. The molecule has 1 aromatic carbocycles. The van der Waals surface area contributed by atoms with Crippen molar-refractivity contribution in [2.24, 2.45) is 0 Å². The van der Waals surface area contributed by atoms with Crippen molar-refractivity contribution in [3.63, 3.8) is 0 Å². The summed E-state index contributed by atoms with van der Waals surface area (Å²) in [6, 6.07) is 14.1. The first-order valence-electron chi connectivity index (χ1n) is 7.75. The monoisotopic (exact) mass is 303 g/mol. The zero-order valence-electron chi connectivity index (χ0n) is 12.9. The summed E-state index contributed by atoms with van der Waals surface area (Å²) in [6.07, 6.45) is 3.70. The van der Waals surface area contributed by atoms with E-state index in [4.69, 9.17) is 4.98 Å². The highest BCUT2D eigenvalue weighted by Gasteiger charge is 2.12. The van der Waals surface area contributed by atoms with Gasteiger partial charge in [-0.15, -0.1) is 0 Å². The number of benzene rings is 1. The van der Waals surface area contributed by atoms with E-state index in [-0.39, 0.29) is 0 Å². The second-order valence-electron chi connectivity index (χ2n) is 5.38. The fraction of sp³-hybridized carbons (Fsp3) is 0.167. The van der Waals surface area contributed by atoms with Crippen LogP contribution in [0.3, 0.4) is 0 Å². The molecule has 4 aromatic rings. The molecule has 0 radical (unpaired) electrons. The number of aromatic nitrogens is 4. The first kappa shape index (κ1) is 13.7. The number of anilines is 1. The van der Waals surface area contributed by atoms with Crippen LogP contribution in [0.4, 0.5) is 5.69 Å². The van der Waals surface area contributed by atoms with E-state index in [9.17, 15) is 0 Å². The predicted molar refractivity (Wildman–Crippen MR) is 92.3 cm³/mol. The Morgan fingerprint density at radius 3 is 2.74 bits per heavy atom. The average molecular weight is 303 g/mol. The Balaban J connectivity index is 1.85. The fourth-order valence-electron chi connectivity index (χ4n) is 2.82. The highest BCUT2D eigenvalue weighted by Crippen LogP contribution is 2.30. The van der Waals surface area contributed by atoms with E-state index in [1.807, 2.05) is 53.5 Å². The van der Waals surface area contributed by atoms with Gasteiger partial charge in [0.2, 0.25) is 0 Å². The highest BCUT2D eigenvalue weighted by molar-refractivity contribution is 6.06. The van der Waals surface area contributed by atoms with E-state index in [0.717, 1.165) is 39.9 Å². The number of nitrogens with one attached hydrogen (secondary N) is 1. The van der Waals surface area contributed by atoms with Crippen LogP contribution in [0.1, 0.15) is 12.6 Å². The van der Waals surface area contributed by atoms with Gasteiger partial charge in [0.25, 0.3) is 0 Å². The van der Waals surface area contributed by atoms with Crippen LogP contribution in [0.2, 0.25) is 0 Å². The lowest BCUT2D eigenvalue weighted by atomic mass is 10.1. The van der Waals surface area contributed by atoms with Crippen LogP contribution in [0.25, 0.3) is 21.9 Å². The summed E-state index contributed by atoms with van der Waals surface area (Å²) < 4.78 is 1.92. The third-order valence-electron chi connectivity index (χ3n) is 3.95. The van der Waals surface area contributed by atoms with Gasteiger partial charge in [-0.3, -0.25) is 4.98 Å². The molecule has 114 valence electrons. The number of fused-ring (bicyclic) bond motifs is 2. The standard InChI is InChI=1S/C18H17N5/c1-2-23-18-15(12-21-23)17(14-8-3-4-9-16(14)22-18)20-11-13-7-5-6-10-19-13/h3-10,12H,2,11H2,1H3,(H,20,22). The molecule has 5 nitrogen and oxygen atoms in total. The van der Waals surface area contributed by atoms with Crippen LogP contribution < -0.4 is 5.32 Å². The molecule has 0 aliphatic rings. The minimum absolute atomic E-state index is 0.668. The Bertz CT molecular complexity index is 959. The first-order valence-corrected chi connectivity index (χ1v) is 7.75. The fourth-order valence-corrected chi connectivity index (χ4v) is 2.82. The van der Waals surface area contributed by atoms with Crippen molar-refractivity contribution >= 4 is 27.6 Å². The molecule has 5 heteroatoms. The van der Waals surface area contributed by atoms with Crippen LogP contribution in [0.5, 0.6) is 0 Å². The Morgan fingerprint density at radius 2 is 1.91 bits per heavy atom. The van der Waals surface area contributed by atoms with E-state index in [1.165, 1.54) is 0 Å². The molecule has 1 N–H and O–H groups in total. The Hall–Kier alpha value is -2.95. The Labute approximate surface area is 134 Å². The third kappa shape index (κ3) is 2.40. The van der Waals surface area contributed by atoms with Gasteiger partial charge in [0.1, 0.15) is 0 Å². The number of rotatable bonds is 4. The molecule has 0 spiro atoms. The lowest BCUT2D eigenvalue weighted by Gasteiger charge is -2.11. The number of hydrogen-bond donors (Lipinski definition) is 1. The maximum Gasteiger partial charge on any atom is 0.160 e.